The first kappa shape index (κ1) is 19.0. The maximum absolute atomic E-state index is 5.10. The van der Waals surface area contributed by atoms with E-state index >= 15 is 0 Å². The van der Waals surface area contributed by atoms with Crippen molar-refractivity contribution in [3.63, 3.8) is 0 Å². The van der Waals surface area contributed by atoms with Crippen LogP contribution in [0.15, 0.2) is 30.6 Å². The average Bonchev–Trinajstić information content (AvgIpc) is 2.53. The summed E-state index contributed by atoms with van der Waals surface area (Å²) in [5, 5.41) is 0. The Kier molecular flexibility index (Phi) is 13.7. The fourth-order valence-electron chi connectivity index (χ4n) is 1.64. The third-order valence-electron chi connectivity index (χ3n) is 3.14. The van der Waals surface area contributed by atoms with E-state index in [-0.39, 0.29) is 0 Å². The van der Waals surface area contributed by atoms with E-state index in [4.69, 9.17) is 4.74 Å². The lowest BCUT2D eigenvalue weighted by Gasteiger charge is -2.21. The van der Waals surface area contributed by atoms with Crippen LogP contribution in [0.4, 0.5) is 0 Å². The van der Waals surface area contributed by atoms with E-state index in [9.17, 15) is 0 Å². The fourth-order valence-corrected chi connectivity index (χ4v) is 1.64. The van der Waals surface area contributed by atoms with E-state index in [1.807, 2.05) is 18.2 Å². The average molecular weight is 281 g/mol. The van der Waals surface area contributed by atoms with Gasteiger partial charge in [0.1, 0.15) is 0 Å². The van der Waals surface area contributed by atoms with Crippen LogP contribution in [-0.2, 0) is 4.74 Å². The van der Waals surface area contributed by atoms with Crippen LogP contribution in [0.2, 0.25) is 0 Å². The Bertz CT molecular complexity index is 240. The molecule has 1 aliphatic heterocycles. The lowest BCUT2D eigenvalue weighted by molar-refractivity contribution is 0.0503. The molecule has 1 fully saturated rings. The predicted octanol–water partition coefficient (Wildman–Crippen LogP) is 2.38. The van der Waals surface area contributed by atoms with E-state index in [0.29, 0.717) is 0 Å². The SMILES string of the molecule is CCN(CC)CC.CN1CCOCC1.c1ccncc1. The maximum Gasteiger partial charge on any atom is 0.0594 e. The van der Waals surface area contributed by atoms with Crippen LogP contribution in [0.25, 0.3) is 0 Å². The van der Waals surface area contributed by atoms with Crippen molar-refractivity contribution < 1.29 is 4.74 Å². The van der Waals surface area contributed by atoms with Crippen molar-refractivity contribution >= 4 is 0 Å². The Morgan fingerprint density at radius 3 is 1.60 bits per heavy atom. The molecular weight excluding hydrogens is 250 g/mol. The Hall–Kier alpha value is -0.970. The fraction of sp³-hybridized carbons (Fsp3) is 0.688. The van der Waals surface area contributed by atoms with E-state index in [2.05, 4.69) is 42.6 Å². The number of hydrogen-bond acceptors (Lipinski definition) is 4. The second-order valence-corrected chi connectivity index (χ2v) is 4.56. The number of nitrogens with zero attached hydrogens (tertiary/aromatic N) is 3. The first-order chi connectivity index (χ1) is 9.74. The molecule has 1 aromatic heterocycles. The molecule has 0 atom stereocenters. The molecule has 0 radical (unpaired) electrons. The first-order valence-electron chi connectivity index (χ1n) is 7.58. The minimum atomic E-state index is 0.913. The minimum absolute atomic E-state index is 0.913. The molecule has 0 N–H and O–H groups in total. The second kappa shape index (κ2) is 14.4. The van der Waals surface area contributed by atoms with E-state index in [1.54, 1.807) is 12.4 Å². The number of ether oxygens (including phenoxy) is 1. The van der Waals surface area contributed by atoms with Crippen LogP contribution in [0, 0.1) is 0 Å². The molecule has 1 saturated heterocycles. The number of aromatic nitrogens is 1. The molecular formula is C16H31N3O. The summed E-state index contributed by atoms with van der Waals surface area (Å²) in [6, 6.07) is 5.72. The molecule has 4 nitrogen and oxygen atoms in total. The summed E-state index contributed by atoms with van der Waals surface area (Å²) in [4.78, 5) is 8.43. The standard InChI is InChI=1S/C6H15N.C5H11NO.C5H5N/c1-4-7(5-2)6-3;1-6-2-4-7-5-3-6;1-2-4-6-5-3-1/h4-6H2,1-3H3;2-5H2,1H3;1-5H. The van der Waals surface area contributed by atoms with Gasteiger partial charge in [0.05, 0.1) is 13.2 Å². The lowest BCUT2D eigenvalue weighted by Crippen LogP contribution is -2.32. The van der Waals surface area contributed by atoms with Crippen LogP contribution in [0.5, 0.6) is 0 Å². The minimum Gasteiger partial charge on any atom is -0.379 e. The van der Waals surface area contributed by atoms with E-state index < -0.39 is 0 Å². The number of rotatable bonds is 3. The van der Waals surface area contributed by atoms with E-state index in [1.165, 1.54) is 19.6 Å². The van der Waals surface area contributed by atoms with Gasteiger partial charge in [-0.2, -0.15) is 0 Å². The van der Waals surface area contributed by atoms with Gasteiger partial charge in [0.15, 0.2) is 0 Å². The molecule has 0 bridgehead atoms. The van der Waals surface area contributed by atoms with E-state index in [0.717, 1.165) is 26.3 Å². The molecule has 1 aliphatic rings. The normalized spacial score (nSPS) is 14.8. The zero-order chi connectivity index (χ0) is 15.1. The first-order valence-corrected chi connectivity index (χ1v) is 7.58. The van der Waals surface area contributed by atoms with Gasteiger partial charge in [-0.3, -0.25) is 4.98 Å². The monoisotopic (exact) mass is 281 g/mol. The summed E-state index contributed by atoms with van der Waals surface area (Å²) < 4.78 is 5.10. The van der Waals surface area contributed by atoms with Gasteiger partial charge in [0.2, 0.25) is 0 Å². The van der Waals surface area contributed by atoms with Crippen LogP contribution in [0.3, 0.4) is 0 Å². The number of morpholine rings is 1. The Morgan fingerprint density at radius 2 is 1.45 bits per heavy atom. The van der Waals surface area contributed by atoms with Gasteiger partial charge in [-0.15, -0.1) is 0 Å². The summed E-state index contributed by atoms with van der Waals surface area (Å²) >= 11 is 0. The smallest absolute Gasteiger partial charge is 0.0594 e. The van der Waals surface area contributed by atoms with Gasteiger partial charge in [0, 0.05) is 25.5 Å². The Labute approximate surface area is 124 Å². The van der Waals surface area contributed by atoms with Crippen LogP contribution in [0.1, 0.15) is 20.8 Å². The zero-order valence-corrected chi connectivity index (χ0v) is 13.6. The van der Waals surface area contributed by atoms with Crippen LogP contribution >= 0.6 is 0 Å². The van der Waals surface area contributed by atoms with Crippen LogP contribution < -0.4 is 0 Å². The largest absolute Gasteiger partial charge is 0.379 e. The highest BCUT2D eigenvalue weighted by Gasteiger charge is 2.02. The summed E-state index contributed by atoms with van der Waals surface area (Å²) in [5.74, 6) is 0. The molecule has 4 heteroatoms. The molecule has 0 saturated carbocycles. The molecule has 0 unspecified atom stereocenters. The van der Waals surface area contributed by atoms with Crippen LogP contribution in [-0.4, -0.2) is 67.8 Å². The quantitative estimate of drug-likeness (QED) is 0.850. The van der Waals surface area contributed by atoms with Gasteiger partial charge >= 0.3 is 0 Å². The molecule has 0 amide bonds. The molecule has 2 heterocycles. The number of pyridine rings is 1. The third-order valence-corrected chi connectivity index (χ3v) is 3.14. The Balaban J connectivity index is 0.000000271. The van der Waals surface area contributed by atoms with Crippen molar-refractivity contribution in [2.75, 3.05) is 53.0 Å². The predicted molar refractivity (Wildman–Crippen MR) is 86.0 cm³/mol. The third kappa shape index (κ3) is 12.1. The molecule has 0 spiro atoms. The van der Waals surface area contributed by atoms with Gasteiger partial charge in [-0.25, -0.2) is 0 Å². The summed E-state index contributed by atoms with van der Waals surface area (Å²) in [6.07, 6.45) is 3.50. The highest BCUT2D eigenvalue weighted by Crippen LogP contribution is 1.89. The van der Waals surface area contributed by atoms with Crippen molar-refractivity contribution in [2.24, 2.45) is 0 Å². The molecule has 0 aromatic carbocycles. The summed E-state index contributed by atoms with van der Waals surface area (Å²) in [7, 11) is 2.11. The highest BCUT2D eigenvalue weighted by atomic mass is 16.5. The second-order valence-electron chi connectivity index (χ2n) is 4.56. The van der Waals surface area contributed by atoms with Crippen molar-refractivity contribution in [3.05, 3.63) is 30.6 Å². The van der Waals surface area contributed by atoms with Gasteiger partial charge in [0.25, 0.3) is 0 Å². The maximum atomic E-state index is 5.10. The van der Waals surface area contributed by atoms with Gasteiger partial charge < -0.3 is 14.5 Å². The summed E-state index contributed by atoms with van der Waals surface area (Å²) in [6.45, 7) is 14.1. The molecule has 116 valence electrons. The molecule has 2 rings (SSSR count). The Morgan fingerprint density at radius 1 is 0.950 bits per heavy atom. The van der Waals surface area contributed by atoms with Crippen molar-refractivity contribution in [2.45, 2.75) is 20.8 Å². The molecule has 0 aliphatic carbocycles. The zero-order valence-electron chi connectivity index (χ0n) is 13.6. The van der Waals surface area contributed by atoms with Crippen molar-refractivity contribution in [3.8, 4) is 0 Å². The highest BCUT2D eigenvalue weighted by molar-refractivity contribution is 4.88. The number of likely N-dealkylation sites (N-methyl/N-ethyl adjacent to an activating group) is 1. The summed E-state index contributed by atoms with van der Waals surface area (Å²) in [5.41, 5.74) is 0. The number of hydrogen-bond donors (Lipinski definition) is 0. The van der Waals surface area contributed by atoms with Gasteiger partial charge in [-0.05, 0) is 38.8 Å². The lowest BCUT2D eigenvalue weighted by atomic mass is 10.5. The van der Waals surface area contributed by atoms with Gasteiger partial charge in [-0.1, -0.05) is 26.8 Å². The topological polar surface area (TPSA) is 28.6 Å². The van der Waals surface area contributed by atoms with Crippen molar-refractivity contribution in [1.82, 2.24) is 14.8 Å². The molecule has 20 heavy (non-hydrogen) atoms. The van der Waals surface area contributed by atoms with Crippen molar-refractivity contribution in [1.29, 1.82) is 0 Å². The molecule has 1 aromatic rings.